The van der Waals surface area contributed by atoms with Crippen LogP contribution < -0.4 is 5.73 Å². The zero-order chi connectivity index (χ0) is 9.68. The first-order chi connectivity index (χ1) is 6.22. The molecule has 1 aromatic rings. The average Bonchev–Trinajstić information content (AvgIpc) is 2.52. The van der Waals surface area contributed by atoms with Gasteiger partial charge in [-0.1, -0.05) is 0 Å². The maximum Gasteiger partial charge on any atom is 0.0534 e. The molecule has 0 saturated carbocycles. The van der Waals surface area contributed by atoms with Gasteiger partial charge in [-0.15, -0.1) is 0 Å². The lowest BCUT2D eigenvalue weighted by Gasteiger charge is -2.08. The van der Waals surface area contributed by atoms with Crippen molar-refractivity contribution in [3.8, 4) is 0 Å². The van der Waals surface area contributed by atoms with Gasteiger partial charge in [0.15, 0.2) is 0 Å². The van der Waals surface area contributed by atoms with E-state index in [1.54, 1.807) is 0 Å². The van der Waals surface area contributed by atoms with E-state index in [4.69, 9.17) is 5.73 Å². The summed E-state index contributed by atoms with van der Waals surface area (Å²) in [5, 5.41) is 4.20. The molecule has 0 bridgehead atoms. The normalized spacial score (nSPS) is 11.1. The van der Waals surface area contributed by atoms with Gasteiger partial charge >= 0.3 is 0 Å². The van der Waals surface area contributed by atoms with E-state index in [1.807, 2.05) is 17.1 Å². The molecule has 0 aliphatic carbocycles. The van der Waals surface area contributed by atoms with Gasteiger partial charge in [0.25, 0.3) is 0 Å². The number of aromatic nitrogens is 2. The maximum atomic E-state index is 5.48. The summed E-state index contributed by atoms with van der Waals surface area (Å²) in [6.45, 7) is 2.64. The van der Waals surface area contributed by atoms with Crippen LogP contribution >= 0.6 is 0 Å². The molecule has 0 radical (unpaired) electrons. The zero-order valence-electron chi connectivity index (χ0n) is 8.40. The summed E-state index contributed by atoms with van der Waals surface area (Å²) in [5.74, 6) is 0. The first-order valence-corrected chi connectivity index (χ1v) is 4.58. The minimum Gasteiger partial charge on any atom is -0.326 e. The molecule has 0 aliphatic rings. The van der Waals surface area contributed by atoms with Crippen molar-refractivity contribution < 1.29 is 0 Å². The lowest BCUT2D eigenvalue weighted by atomic mass is 10.4. The van der Waals surface area contributed by atoms with E-state index in [0.29, 0.717) is 6.54 Å². The Morgan fingerprint density at radius 2 is 2.31 bits per heavy atom. The summed E-state index contributed by atoms with van der Waals surface area (Å²) in [4.78, 5) is 2.17. The molecule has 4 heteroatoms. The van der Waals surface area contributed by atoms with E-state index in [-0.39, 0.29) is 0 Å². The van der Waals surface area contributed by atoms with Crippen molar-refractivity contribution in [1.29, 1.82) is 0 Å². The third kappa shape index (κ3) is 3.57. The maximum absolute atomic E-state index is 5.48. The van der Waals surface area contributed by atoms with E-state index in [9.17, 15) is 0 Å². The van der Waals surface area contributed by atoms with Gasteiger partial charge in [-0.3, -0.25) is 4.68 Å². The number of nitrogens with two attached hydrogens (primary N) is 1. The van der Waals surface area contributed by atoms with Gasteiger partial charge in [-0.25, -0.2) is 0 Å². The largest absolute Gasteiger partial charge is 0.326 e. The lowest BCUT2D eigenvalue weighted by Crippen LogP contribution is -2.15. The highest BCUT2D eigenvalue weighted by Gasteiger charge is 1.96. The summed E-state index contributed by atoms with van der Waals surface area (Å²) in [5.41, 5.74) is 6.58. The standard InChI is InChI=1S/C9H18N4/c1-12(2)4-3-5-13-8-9(6-10)7-11-13/h7-8H,3-6,10H2,1-2H3. The molecule has 0 amide bonds. The molecule has 1 rings (SSSR count). The van der Waals surface area contributed by atoms with Crippen molar-refractivity contribution >= 4 is 0 Å². The van der Waals surface area contributed by atoms with Crippen LogP contribution in [0.15, 0.2) is 12.4 Å². The Kier molecular flexibility index (Phi) is 3.92. The van der Waals surface area contributed by atoms with E-state index in [2.05, 4.69) is 24.1 Å². The summed E-state index contributed by atoms with van der Waals surface area (Å²) in [7, 11) is 4.16. The van der Waals surface area contributed by atoms with Gasteiger partial charge in [0, 0.05) is 24.8 Å². The van der Waals surface area contributed by atoms with Crippen LogP contribution in [-0.2, 0) is 13.1 Å². The van der Waals surface area contributed by atoms with Gasteiger partial charge in [-0.05, 0) is 27.1 Å². The molecule has 0 aliphatic heterocycles. The summed E-state index contributed by atoms with van der Waals surface area (Å²) >= 11 is 0. The molecule has 0 atom stereocenters. The van der Waals surface area contributed by atoms with Crippen LogP contribution in [0, 0.1) is 0 Å². The molecule has 0 aromatic carbocycles. The second kappa shape index (κ2) is 4.99. The molecule has 0 fully saturated rings. The minimum atomic E-state index is 0.577. The topological polar surface area (TPSA) is 47.1 Å². The second-order valence-electron chi connectivity index (χ2n) is 3.47. The quantitative estimate of drug-likeness (QED) is 0.712. The highest BCUT2D eigenvalue weighted by molar-refractivity contribution is 5.02. The van der Waals surface area contributed by atoms with Crippen LogP contribution in [0.4, 0.5) is 0 Å². The number of rotatable bonds is 5. The van der Waals surface area contributed by atoms with Crippen molar-refractivity contribution in [1.82, 2.24) is 14.7 Å². The summed E-state index contributed by atoms with van der Waals surface area (Å²) in [6, 6.07) is 0. The molecule has 1 heterocycles. The van der Waals surface area contributed by atoms with Crippen LogP contribution in [-0.4, -0.2) is 35.3 Å². The smallest absolute Gasteiger partial charge is 0.0534 e. The van der Waals surface area contributed by atoms with Gasteiger partial charge in [0.1, 0.15) is 0 Å². The SMILES string of the molecule is CN(C)CCCn1cc(CN)cn1. The van der Waals surface area contributed by atoms with Crippen LogP contribution in [0.2, 0.25) is 0 Å². The van der Waals surface area contributed by atoms with Crippen LogP contribution in [0.3, 0.4) is 0 Å². The summed E-state index contributed by atoms with van der Waals surface area (Å²) in [6.07, 6.45) is 4.96. The van der Waals surface area contributed by atoms with Crippen LogP contribution in [0.1, 0.15) is 12.0 Å². The van der Waals surface area contributed by atoms with Gasteiger partial charge in [0.2, 0.25) is 0 Å². The minimum absolute atomic E-state index is 0.577. The molecular formula is C9H18N4. The Bertz CT molecular complexity index is 242. The van der Waals surface area contributed by atoms with E-state index in [0.717, 1.165) is 25.1 Å². The fourth-order valence-corrected chi connectivity index (χ4v) is 1.18. The van der Waals surface area contributed by atoms with Gasteiger partial charge in [-0.2, -0.15) is 5.10 Å². The molecule has 1 aromatic heterocycles. The second-order valence-corrected chi connectivity index (χ2v) is 3.47. The third-order valence-electron chi connectivity index (χ3n) is 1.91. The fraction of sp³-hybridized carbons (Fsp3) is 0.667. The molecule has 4 nitrogen and oxygen atoms in total. The van der Waals surface area contributed by atoms with Crippen molar-refractivity contribution in [3.63, 3.8) is 0 Å². The molecule has 0 unspecified atom stereocenters. The summed E-state index contributed by atoms with van der Waals surface area (Å²) < 4.78 is 1.95. The van der Waals surface area contributed by atoms with Crippen LogP contribution in [0.25, 0.3) is 0 Å². The molecule has 13 heavy (non-hydrogen) atoms. The lowest BCUT2D eigenvalue weighted by molar-refractivity contribution is 0.380. The Morgan fingerprint density at radius 3 is 2.85 bits per heavy atom. The number of hydrogen-bond donors (Lipinski definition) is 1. The Hall–Kier alpha value is -0.870. The highest BCUT2D eigenvalue weighted by atomic mass is 15.3. The molecular weight excluding hydrogens is 164 g/mol. The predicted octanol–water partition coefficient (Wildman–Crippen LogP) is 0.293. The van der Waals surface area contributed by atoms with Crippen molar-refractivity contribution in [2.45, 2.75) is 19.5 Å². The fourth-order valence-electron chi connectivity index (χ4n) is 1.18. The molecule has 74 valence electrons. The Balaban J connectivity index is 2.28. The average molecular weight is 182 g/mol. The number of nitrogens with zero attached hydrogens (tertiary/aromatic N) is 3. The van der Waals surface area contributed by atoms with Crippen LogP contribution in [0.5, 0.6) is 0 Å². The predicted molar refractivity (Wildman–Crippen MR) is 53.3 cm³/mol. The highest BCUT2D eigenvalue weighted by Crippen LogP contribution is 1.97. The Labute approximate surface area is 79.3 Å². The molecule has 0 saturated heterocycles. The van der Waals surface area contributed by atoms with Crippen molar-refractivity contribution in [2.75, 3.05) is 20.6 Å². The van der Waals surface area contributed by atoms with E-state index < -0.39 is 0 Å². The van der Waals surface area contributed by atoms with E-state index in [1.165, 1.54) is 0 Å². The van der Waals surface area contributed by atoms with Crippen molar-refractivity contribution in [2.24, 2.45) is 5.73 Å². The monoisotopic (exact) mass is 182 g/mol. The number of aryl methyl sites for hydroxylation is 1. The molecule has 0 spiro atoms. The third-order valence-corrected chi connectivity index (χ3v) is 1.91. The number of hydrogen-bond acceptors (Lipinski definition) is 3. The first-order valence-electron chi connectivity index (χ1n) is 4.58. The zero-order valence-corrected chi connectivity index (χ0v) is 8.40. The Morgan fingerprint density at radius 1 is 1.54 bits per heavy atom. The molecule has 2 N–H and O–H groups in total. The van der Waals surface area contributed by atoms with Gasteiger partial charge < -0.3 is 10.6 Å². The van der Waals surface area contributed by atoms with E-state index >= 15 is 0 Å². The first kappa shape index (κ1) is 10.2. The van der Waals surface area contributed by atoms with Crippen molar-refractivity contribution in [3.05, 3.63) is 18.0 Å². The van der Waals surface area contributed by atoms with Gasteiger partial charge in [0.05, 0.1) is 6.20 Å².